The molecule has 0 saturated heterocycles. The van der Waals surface area contributed by atoms with E-state index in [0.29, 0.717) is 28.1 Å². The van der Waals surface area contributed by atoms with Crippen molar-refractivity contribution >= 4 is 0 Å². The second-order valence-corrected chi connectivity index (χ2v) is 14.5. The predicted molar refractivity (Wildman–Crippen MR) is 150 cm³/mol. The fourth-order valence-corrected chi connectivity index (χ4v) is 11.1. The molecule has 1 aromatic heterocycles. The van der Waals surface area contributed by atoms with Gasteiger partial charge in [0.25, 0.3) is 0 Å². The average Bonchev–Trinajstić information content (AvgIpc) is 3.47. The molecule has 1 aromatic rings. The van der Waals surface area contributed by atoms with Crippen molar-refractivity contribution in [3.05, 3.63) is 30.6 Å². The molecule has 4 aliphatic carbocycles. The molecule has 36 heavy (non-hydrogen) atoms. The highest BCUT2D eigenvalue weighted by molar-refractivity contribution is 5.17. The highest BCUT2D eigenvalue weighted by atomic mass is 16.5. The molecule has 10 atom stereocenters. The van der Waals surface area contributed by atoms with E-state index in [1.165, 1.54) is 69.8 Å². The summed E-state index contributed by atoms with van der Waals surface area (Å²) < 4.78 is 8.59. The van der Waals surface area contributed by atoms with E-state index in [9.17, 15) is 0 Å². The van der Waals surface area contributed by atoms with E-state index >= 15 is 0 Å². The highest BCUT2D eigenvalue weighted by Gasteiger charge is 2.65. The van der Waals surface area contributed by atoms with Crippen molar-refractivity contribution in [1.82, 2.24) is 9.78 Å². The third-order valence-electron chi connectivity index (χ3n) is 13.1. The molecule has 0 aromatic carbocycles. The maximum Gasteiger partial charge on any atom is 0.0878 e. The summed E-state index contributed by atoms with van der Waals surface area (Å²) in [6.07, 6.45) is 20.5. The molecule has 3 nitrogen and oxygen atoms in total. The Balaban J connectivity index is 1.40. The Bertz CT molecular complexity index is 953. The molecule has 4 unspecified atom stereocenters. The fourth-order valence-electron chi connectivity index (χ4n) is 11.1. The van der Waals surface area contributed by atoms with Crippen LogP contribution < -0.4 is 0 Å². The molecule has 0 radical (unpaired) electrons. The largest absolute Gasteiger partial charge is 0.376 e. The number of rotatable bonds is 7. The summed E-state index contributed by atoms with van der Waals surface area (Å²) in [5, 5.41) is 4.75. The number of methoxy groups -OCH3 is 1. The van der Waals surface area contributed by atoms with Crippen LogP contribution in [0, 0.1) is 45.8 Å². The molecular formula is C33H54N2O. The van der Waals surface area contributed by atoms with Crippen molar-refractivity contribution in [2.75, 3.05) is 7.11 Å². The van der Waals surface area contributed by atoms with Crippen LogP contribution in [0.3, 0.4) is 0 Å². The molecule has 4 aliphatic rings. The molecule has 0 spiro atoms. The van der Waals surface area contributed by atoms with Crippen molar-refractivity contribution < 1.29 is 4.74 Å². The Labute approximate surface area is 221 Å². The van der Waals surface area contributed by atoms with E-state index in [1.807, 2.05) is 19.4 Å². The summed E-state index contributed by atoms with van der Waals surface area (Å²) in [6, 6.07) is 0. The van der Waals surface area contributed by atoms with E-state index in [4.69, 9.17) is 9.84 Å². The minimum Gasteiger partial charge on any atom is -0.376 e. The van der Waals surface area contributed by atoms with Gasteiger partial charge in [-0.1, -0.05) is 47.1 Å². The van der Waals surface area contributed by atoms with E-state index in [0.717, 1.165) is 30.2 Å². The van der Waals surface area contributed by atoms with Gasteiger partial charge in [-0.05, 0) is 116 Å². The molecule has 5 rings (SSSR count). The standard InChI is InChI=1S/C33H54N2O/c1-9-24(4)25-20-34-35(21-25)22-32(7,36-8)29-12-11-27-26-14-16-30(5)19-23(3)13-18-33(30,10-2)28(26)15-17-31(27,29)6/h9,20-21,23-24,26-29H,1,10-19,22H2,2-8H3/t23-,24?,26-,27?,28?,29-,30+,31-,32?,33+/m0/s1. The van der Waals surface area contributed by atoms with Gasteiger partial charge in [-0.15, -0.1) is 6.58 Å². The van der Waals surface area contributed by atoms with Gasteiger partial charge in [-0.3, -0.25) is 4.68 Å². The molecule has 4 saturated carbocycles. The molecule has 3 heteroatoms. The first-order valence-electron chi connectivity index (χ1n) is 15.3. The first kappa shape index (κ1) is 26.5. The lowest BCUT2D eigenvalue weighted by atomic mass is 9.38. The van der Waals surface area contributed by atoms with Crippen LogP contribution in [0.2, 0.25) is 0 Å². The third-order valence-corrected chi connectivity index (χ3v) is 13.1. The highest BCUT2D eigenvalue weighted by Crippen LogP contribution is 2.72. The Morgan fingerprint density at radius 2 is 1.94 bits per heavy atom. The van der Waals surface area contributed by atoms with Gasteiger partial charge in [0.2, 0.25) is 0 Å². The second-order valence-electron chi connectivity index (χ2n) is 14.5. The summed E-state index contributed by atoms with van der Waals surface area (Å²) in [7, 11) is 1.94. The van der Waals surface area contributed by atoms with Crippen LogP contribution in [0.1, 0.15) is 117 Å². The Hall–Kier alpha value is -1.09. The zero-order valence-electron chi connectivity index (χ0n) is 24.5. The van der Waals surface area contributed by atoms with E-state index in [-0.39, 0.29) is 5.60 Å². The zero-order chi connectivity index (χ0) is 25.9. The van der Waals surface area contributed by atoms with Crippen LogP contribution in [0.25, 0.3) is 0 Å². The number of nitrogens with zero attached hydrogens (tertiary/aromatic N) is 2. The van der Waals surface area contributed by atoms with Crippen molar-refractivity contribution in [3.8, 4) is 0 Å². The van der Waals surface area contributed by atoms with Crippen LogP contribution in [-0.4, -0.2) is 22.5 Å². The van der Waals surface area contributed by atoms with Gasteiger partial charge in [-0.2, -0.15) is 5.10 Å². The zero-order valence-corrected chi connectivity index (χ0v) is 24.5. The molecule has 202 valence electrons. The number of fused-ring (bicyclic) bond motifs is 5. The molecule has 0 amide bonds. The summed E-state index contributed by atoms with van der Waals surface area (Å²) in [5.41, 5.74) is 2.58. The quantitative estimate of drug-likeness (QED) is 0.355. The average molecular weight is 495 g/mol. The van der Waals surface area contributed by atoms with Gasteiger partial charge in [0.15, 0.2) is 0 Å². The lowest BCUT2D eigenvalue weighted by Crippen LogP contribution is -2.59. The van der Waals surface area contributed by atoms with Gasteiger partial charge in [-0.25, -0.2) is 0 Å². The lowest BCUT2D eigenvalue weighted by Gasteiger charge is -2.67. The maximum absolute atomic E-state index is 6.45. The summed E-state index contributed by atoms with van der Waals surface area (Å²) in [6.45, 7) is 19.8. The second kappa shape index (κ2) is 9.28. The van der Waals surface area contributed by atoms with Crippen LogP contribution in [0.15, 0.2) is 25.0 Å². The molecule has 4 fully saturated rings. The van der Waals surface area contributed by atoms with Crippen LogP contribution in [-0.2, 0) is 11.3 Å². The topological polar surface area (TPSA) is 27.1 Å². The summed E-state index contributed by atoms with van der Waals surface area (Å²) in [4.78, 5) is 0. The monoisotopic (exact) mass is 494 g/mol. The Morgan fingerprint density at radius 1 is 1.17 bits per heavy atom. The van der Waals surface area contributed by atoms with Gasteiger partial charge in [0.1, 0.15) is 0 Å². The minimum absolute atomic E-state index is 0.192. The number of aromatic nitrogens is 2. The number of hydrogen-bond acceptors (Lipinski definition) is 2. The number of ether oxygens (including phenoxy) is 1. The van der Waals surface area contributed by atoms with Crippen molar-refractivity contribution in [1.29, 1.82) is 0 Å². The van der Waals surface area contributed by atoms with Crippen molar-refractivity contribution in [2.45, 2.75) is 124 Å². The molecule has 1 heterocycles. The van der Waals surface area contributed by atoms with Gasteiger partial charge in [0, 0.05) is 19.2 Å². The molecule has 0 bridgehead atoms. The Morgan fingerprint density at radius 3 is 2.64 bits per heavy atom. The normalized spacial score (nSPS) is 44.7. The maximum atomic E-state index is 6.45. The smallest absolute Gasteiger partial charge is 0.0878 e. The molecular weight excluding hydrogens is 440 g/mol. The first-order chi connectivity index (χ1) is 17.1. The van der Waals surface area contributed by atoms with Crippen molar-refractivity contribution in [2.24, 2.45) is 45.8 Å². The van der Waals surface area contributed by atoms with E-state index in [2.05, 4.69) is 59.0 Å². The molecule has 0 N–H and O–H groups in total. The van der Waals surface area contributed by atoms with Crippen LogP contribution in [0.5, 0.6) is 0 Å². The van der Waals surface area contributed by atoms with Crippen LogP contribution >= 0.6 is 0 Å². The van der Waals surface area contributed by atoms with Gasteiger partial charge >= 0.3 is 0 Å². The first-order valence-corrected chi connectivity index (χ1v) is 15.3. The number of allylic oxidation sites excluding steroid dienone is 1. The van der Waals surface area contributed by atoms with Crippen LogP contribution in [0.4, 0.5) is 0 Å². The minimum atomic E-state index is -0.192. The number of hydrogen-bond donors (Lipinski definition) is 0. The van der Waals surface area contributed by atoms with Gasteiger partial charge < -0.3 is 4.74 Å². The van der Waals surface area contributed by atoms with E-state index < -0.39 is 0 Å². The fraction of sp³-hybridized carbons (Fsp3) is 0.848. The van der Waals surface area contributed by atoms with E-state index in [1.54, 1.807) is 0 Å². The summed E-state index contributed by atoms with van der Waals surface area (Å²) >= 11 is 0. The van der Waals surface area contributed by atoms with Crippen molar-refractivity contribution in [3.63, 3.8) is 0 Å². The summed E-state index contributed by atoms with van der Waals surface area (Å²) in [5.74, 6) is 4.55. The lowest BCUT2D eigenvalue weighted by molar-refractivity contribution is -0.183. The molecule has 0 aliphatic heterocycles. The third kappa shape index (κ3) is 3.80. The van der Waals surface area contributed by atoms with Gasteiger partial charge in [0.05, 0.1) is 18.3 Å². The Kier molecular flexibility index (Phi) is 6.83. The predicted octanol–water partition coefficient (Wildman–Crippen LogP) is 8.65. The SMILES string of the molecule is C=CC(C)c1cnn(CC(C)(OC)[C@H]2CCC3[C@@H]4CC[C@]5(C)C[C@@H](C)CC[C@]5(CC)C4CC[C@@]32C)c1.